The van der Waals surface area contributed by atoms with Crippen LogP contribution in [0.4, 0.5) is 0 Å². The SMILES string of the molecule is c1ccc(-c2cccc(-c3nc(-c4ccccc4)nc(-c4ccc(-n5c6ccccc6c6cc(-c7cccc8c7CCc7ccccc7-8)ccc65)cc4)n3)c2)cc1. The van der Waals surface area contributed by atoms with Crippen molar-refractivity contribution >= 4 is 21.8 Å². The third-order valence-electron chi connectivity index (χ3n) is 11.4. The Kier molecular flexibility index (Phi) is 7.92. The molecule has 0 fully saturated rings. The predicted molar refractivity (Wildman–Crippen MR) is 234 cm³/mol. The van der Waals surface area contributed by atoms with E-state index < -0.39 is 0 Å². The van der Waals surface area contributed by atoms with E-state index >= 15 is 0 Å². The maximum Gasteiger partial charge on any atom is 0.164 e. The van der Waals surface area contributed by atoms with E-state index in [1.165, 1.54) is 55.2 Å². The summed E-state index contributed by atoms with van der Waals surface area (Å²) in [7, 11) is 0. The van der Waals surface area contributed by atoms with Gasteiger partial charge in [0.2, 0.25) is 0 Å². The minimum Gasteiger partial charge on any atom is -0.309 e. The molecule has 11 rings (SSSR count). The molecule has 0 atom stereocenters. The van der Waals surface area contributed by atoms with E-state index in [-0.39, 0.29) is 0 Å². The highest BCUT2D eigenvalue weighted by Gasteiger charge is 2.21. The van der Waals surface area contributed by atoms with Gasteiger partial charge in [-0.25, -0.2) is 15.0 Å². The van der Waals surface area contributed by atoms with Crippen molar-refractivity contribution in [3.63, 3.8) is 0 Å². The van der Waals surface area contributed by atoms with Crippen molar-refractivity contribution in [2.45, 2.75) is 12.8 Å². The van der Waals surface area contributed by atoms with E-state index in [9.17, 15) is 0 Å². The average Bonchev–Trinajstić information content (AvgIpc) is 3.63. The number of aryl methyl sites for hydroxylation is 1. The molecule has 268 valence electrons. The number of hydrogen-bond donors (Lipinski definition) is 0. The Bertz CT molecular complexity index is 3110. The molecular weight excluding hydrogens is 693 g/mol. The molecule has 0 N–H and O–H groups in total. The lowest BCUT2D eigenvalue weighted by Gasteiger charge is -2.22. The van der Waals surface area contributed by atoms with Crippen molar-refractivity contribution in [1.29, 1.82) is 0 Å². The van der Waals surface area contributed by atoms with Gasteiger partial charge in [-0.05, 0) is 106 Å². The molecule has 0 bridgehead atoms. The fourth-order valence-electron chi connectivity index (χ4n) is 8.64. The fraction of sp³-hybridized carbons (Fsp3) is 0.0377. The number of rotatable bonds is 6. The average molecular weight is 729 g/mol. The van der Waals surface area contributed by atoms with Crippen LogP contribution in [0.2, 0.25) is 0 Å². The number of aromatic nitrogens is 4. The molecule has 0 radical (unpaired) electrons. The molecule has 4 nitrogen and oxygen atoms in total. The molecule has 57 heavy (non-hydrogen) atoms. The van der Waals surface area contributed by atoms with Crippen LogP contribution >= 0.6 is 0 Å². The van der Waals surface area contributed by atoms with E-state index in [4.69, 9.17) is 15.0 Å². The second-order valence-corrected chi connectivity index (χ2v) is 14.7. The van der Waals surface area contributed by atoms with Gasteiger partial charge in [0.05, 0.1) is 11.0 Å². The third kappa shape index (κ3) is 5.82. The Morgan fingerprint density at radius 3 is 1.70 bits per heavy atom. The van der Waals surface area contributed by atoms with Gasteiger partial charge >= 0.3 is 0 Å². The van der Waals surface area contributed by atoms with E-state index in [2.05, 4.69) is 162 Å². The summed E-state index contributed by atoms with van der Waals surface area (Å²) in [5.41, 5.74) is 16.7. The highest BCUT2D eigenvalue weighted by molar-refractivity contribution is 6.10. The molecule has 0 unspecified atom stereocenters. The van der Waals surface area contributed by atoms with E-state index in [0.717, 1.165) is 46.3 Å². The van der Waals surface area contributed by atoms with Crippen LogP contribution in [-0.2, 0) is 12.8 Å². The molecule has 10 aromatic rings. The van der Waals surface area contributed by atoms with Gasteiger partial charge in [-0.15, -0.1) is 0 Å². The molecule has 2 heterocycles. The standard InChI is InChI=1S/C53H36N4/c1-3-13-35(14-4-1)39-18-11-19-41(33-39)53-55-51(37-16-5-2-6-17-37)54-52(56-53)38-25-29-42(30-26-38)57-49-24-10-9-21-47(49)48-34-40(28-32-50(48)57)44-22-12-23-45-43-20-8-7-15-36(43)27-31-46(44)45/h1-26,28-30,32-34H,27,31H2. The summed E-state index contributed by atoms with van der Waals surface area (Å²) in [6.07, 6.45) is 2.11. The highest BCUT2D eigenvalue weighted by atomic mass is 15.0. The van der Waals surface area contributed by atoms with Gasteiger partial charge < -0.3 is 4.57 Å². The van der Waals surface area contributed by atoms with Crippen LogP contribution in [-0.4, -0.2) is 19.5 Å². The largest absolute Gasteiger partial charge is 0.309 e. The van der Waals surface area contributed by atoms with Crippen LogP contribution in [0.15, 0.2) is 194 Å². The van der Waals surface area contributed by atoms with Crippen LogP contribution < -0.4 is 0 Å². The Balaban J connectivity index is 0.998. The Labute approximate surface area is 331 Å². The van der Waals surface area contributed by atoms with Crippen LogP contribution in [0.3, 0.4) is 0 Å². The maximum atomic E-state index is 5.08. The number of fused-ring (bicyclic) bond motifs is 6. The van der Waals surface area contributed by atoms with Crippen molar-refractivity contribution in [1.82, 2.24) is 19.5 Å². The third-order valence-corrected chi connectivity index (χ3v) is 11.4. The minimum absolute atomic E-state index is 0.635. The number of benzene rings is 8. The summed E-state index contributed by atoms with van der Waals surface area (Å²) in [5, 5.41) is 2.48. The van der Waals surface area contributed by atoms with E-state index in [1.54, 1.807) is 0 Å². The predicted octanol–water partition coefficient (Wildman–Crippen LogP) is 13.1. The van der Waals surface area contributed by atoms with Gasteiger partial charge in [0.1, 0.15) is 0 Å². The quantitative estimate of drug-likeness (QED) is 0.171. The molecule has 0 saturated carbocycles. The first-order valence-electron chi connectivity index (χ1n) is 19.6. The summed E-state index contributed by atoms with van der Waals surface area (Å²) in [6, 6.07) is 69.0. The molecule has 0 aliphatic heterocycles. The zero-order valence-corrected chi connectivity index (χ0v) is 31.2. The van der Waals surface area contributed by atoms with Crippen molar-refractivity contribution in [3.05, 3.63) is 205 Å². The summed E-state index contributed by atoms with van der Waals surface area (Å²) < 4.78 is 2.37. The van der Waals surface area contributed by atoms with Crippen LogP contribution in [0, 0.1) is 0 Å². The normalized spacial score (nSPS) is 12.1. The fourth-order valence-corrected chi connectivity index (χ4v) is 8.64. The monoisotopic (exact) mass is 728 g/mol. The molecule has 0 amide bonds. The van der Waals surface area contributed by atoms with Crippen LogP contribution in [0.1, 0.15) is 11.1 Å². The van der Waals surface area contributed by atoms with Gasteiger partial charge in [0.15, 0.2) is 17.5 Å². The molecule has 0 saturated heterocycles. The maximum absolute atomic E-state index is 5.08. The molecule has 1 aliphatic rings. The van der Waals surface area contributed by atoms with E-state index in [1.807, 2.05) is 36.4 Å². The smallest absolute Gasteiger partial charge is 0.164 e. The zero-order valence-electron chi connectivity index (χ0n) is 31.2. The Hall–Kier alpha value is -7.43. The minimum atomic E-state index is 0.635. The van der Waals surface area contributed by atoms with Crippen LogP contribution in [0.5, 0.6) is 0 Å². The summed E-state index contributed by atoms with van der Waals surface area (Å²) in [4.78, 5) is 15.1. The second-order valence-electron chi connectivity index (χ2n) is 14.7. The molecule has 0 spiro atoms. The number of nitrogens with zero attached hydrogens (tertiary/aromatic N) is 4. The van der Waals surface area contributed by atoms with Crippen molar-refractivity contribution in [2.75, 3.05) is 0 Å². The van der Waals surface area contributed by atoms with Gasteiger partial charge in [-0.2, -0.15) is 0 Å². The Morgan fingerprint density at radius 2 is 0.895 bits per heavy atom. The number of hydrogen-bond acceptors (Lipinski definition) is 3. The van der Waals surface area contributed by atoms with Crippen molar-refractivity contribution < 1.29 is 0 Å². The highest BCUT2D eigenvalue weighted by Crippen LogP contribution is 2.41. The molecule has 2 aromatic heterocycles. The molecule has 8 aromatic carbocycles. The van der Waals surface area contributed by atoms with Gasteiger partial charge in [0.25, 0.3) is 0 Å². The summed E-state index contributed by atoms with van der Waals surface area (Å²) >= 11 is 0. The lowest BCUT2D eigenvalue weighted by atomic mass is 9.82. The number of para-hydroxylation sites is 1. The lowest BCUT2D eigenvalue weighted by Crippen LogP contribution is -2.05. The van der Waals surface area contributed by atoms with Crippen LogP contribution in [0.25, 0.3) is 95.0 Å². The molecule has 1 aliphatic carbocycles. The summed E-state index contributed by atoms with van der Waals surface area (Å²) in [5.74, 6) is 1.92. The molecule has 4 heteroatoms. The van der Waals surface area contributed by atoms with Gasteiger partial charge in [0, 0.05) is 33.2 Å². The topological polar surface area (TPSA) is 43.6 Å². The molecular formula is C53H36N4. The van der Waals surface area contributed by atoms with Crippen molar-refractivity contribution in [2.24, 2.45) is 0 Å². The Morgan fingerprint density at radius 1 is 0.333 bits per heavy atom. The van der Waals surface area contributed by atoms with E-state index in [0.29, 0.717) is 17.5 Å². The van der Waals surface area contributed by atoms with Gasteiger partial charge in [-0.3, -0.25) is 0 Å². The lowest BCUT2D eigenvalue weighted by molar-refractivity contribution is 0.944. The first-order valence-corrected chi connectivity index (χ1v) is 19.6. The second kappa shape index (κ2) is 13.7. The van der Waals surface area contributed by atoms with Crippen molar-refractivity contribution in [3.8, 4) is 73.2 Å². The first-order chi connectivity index (χ1) is 28.2. The first kappa shape index (κ1) is 33.0. The zero-order chi connectivity index (χ0) is 37.7. The van der Waals surface area contributed by atoms with Gasteiger partial charge in [-0.1, -0.05) is 146 Å². The summed E-state index contributed by atoms with van der Waals surface area (Å²) in [6.45, 7) is 0.